The number of carbonyl (C=O) groups excluding carboxylic acids is 2. The van der Waals surface area contributed by atoms with Crippen LogP contribution < -0.4 is 19.3 Å². The van der Waals surface area contributed by atoms with Gasteiger partial charge in [-0.3, -0.25) is 14.5 Å². The predicted octanol–water partition coefficient (Wildman–Crippen LogP) is 5.18. The average Bonchev–Trinajstić information content (AvgIpc) is 3.19. The number of rotatable bonds is 8. The van der Waals surface area contributed by atoms with Crippen LogP contribution in [-0.4, -0.2) is 44.1 Å². The Kier molecular flexibility index (Phi) is 7.29. The Balaban J connectivity index is 1.87. The van der Waals surface area contributed by atoms with Crippen molar-refractivity contribution in [2.75, 3.05) is 37.1 Å². The van der Waals surface area contributed by atoms with E-state index >= 15 is 0 Å². The van der Waals surface area contributed by atoms with Gasteiger partial charge in [-0.1, -0.05) is 12.1 Å². The van der Waals surface area contributed by atoms with Gasteiger partial charge in [0.1, 0.15) is 17.3 Å². The number of ether oxygens (including phenoxy) is 2. The van der Waals surface area contributed by atoms with E-state index in [0.29, 0.717) is 22.7 Å². The molecule has 3 aromatic rings. The summed E-state index contributed by atoms with van der Waals surface area (Å²) in [6.45, 7) is 5.89. The molecule has 4 rings (SSSR count). The van der Waals surface area contributed by atoms with Gasteiger partial charge in [0.2, 0.25) is 0 Å². The Morgan fingerprint density at radius 3 is 1.86 bits per heavy atom. The van der Waals surface area contributed by atoms with Crippen LogP contribution in [0.3, 0.4) is 0 Å². The number of aliphatic hydroxyl groups is 1. The molecule has 0 aliphatic carbocycles. The summed E-state index contributed by atoms with van der Waals surface area (Å²) < 4.78 is 10.5. The number of methoxy groups -OCH3 is 2. The molecule has 1 N–H and O–H groups in total. The number of carbonyl (C=O) groups is 2. The van der Waals surface area contributed by atoms with E-state index < -0.39 is 17.7 Å². The van der Waals surface area contributed by atoms with Gasteiger partial charge in [-0.15, -0.1) is 0 Å². The van der Waals surface area contributed by atoms with Crippen molar-refractivity contribution in [2.45, 2.75) is 19.9 Å². The minimum absolute atomic E-state index is 0.0385. The zero-order chi connectivity index (χ0) is 25.8. The average molecular weight is 487 g/mol. The fourth-order valence-corrected chi connectivity index (χ4v) is 4.52. The Hall–Kier alpha value is -4.26. The molecule has 36 heavy (non-hydrogen) atoms. The third kappa shape index (κ3) is 4.52. The van der Waals surface area contributed by atoms with Gasteiger partial charge in [-0.2, -0.15) is 0 Å². The summed E-state index contributed by atoms with van der Waals surface area (Å²) in [6.07, 6.45) is 0. The molecular formula is C29H30N2O5. The molecule has 1 saturated heterocycles. The molecule has 0 bridgehead atoms. The summed E-state index contributed by atoms with van der Waals surface area (Å²) in [4.78, 5) is 30.3. The zero-order valence-corrected chi connectivity index (χ0v) is 20.9. The number of amides is 1. The van der Waals surface area contributed by atoms with Gasteiger partial charge >= 0.3 is 0 Å². The monoisotopic (exact) mass is 486 g/mol. The Morgan fingerprint density at radius 2 is 1.36 bits per heavy atom. The highest BCUT2D eigenvalue weighted by molar-refractivity contribution is 6.51. The van der Waals surface area contributed by atoms with Gasteiger partial charge < -0.3 is 19.5 Å². The summed E-state index contributed by atoms with van der Waals surface area (Å²) in [5.74, 6) is -0.419. The van der Waals surface area contributed by atoms with Crippen molar-refractivity contribution in [3.05, 3.63) is 89.5 Å². The normalized spacial score (nSPS) is 16.8. The van der Waals surface area contributed by atoms with Crippen LogP contribution in [0.25, 0.3) is 5.76 Å². The smallest absolute Gasteiger partial charge is 0.300 e. The highest BCUT2D eigenvalue weighted by atomic mass is 16.5. The topological polar surface area (TPSA) is 79.3 Å². The lowest BCUT2D eigenvalue weighted by Crippen LogP contribution is -2.29. The molecule has 1 atom stereocenters. The largest absolute Gasteiger partial charge is 0.507 e. The van der Waals surface area contributed by atoms with Crippen molar-refractivity contribution in [1.82, 2.24) is 0 Å². The molecular weight excluding hydrogens is 456 g/mol. The molecule has 1 aliphatic rings. The van der Waals surface area contributed by atoms with Crippen LogP contribution in [-0.2, 0) is 9.59 Å². The van der Waals surface area contributed by atoms with Crippen LogP contribution in [0, 0.1) is 0 Å². The first-order valence-electron chi connectivity index (χ1n) is 11.9. The molecule has 0 saturated carbocycles. The van der Waals surface area contributed by atoms with E-state index in [4.69, 9.17) is 9.47 Å². The quantitative estimate of drug-likeness (QED) is 0.269. The minimum atomic E-state index is -0.800. The Bertz CT molecular complexity index is 1260. The molecule has 186 valence electrons. The van der Waals surface area contributed by atoms with E-state index in [-0.39, 0.29) is 11.3 Å². The van der Waals surface area contributed by atoms with E-state index in [1.165, 1.54) is 4.90 Å². The zero-order valence-electron chi connectivity index (χ0n) is 20.9. The number of ketones is 1. The standard InChI is InChI=1S/C29H30N2O5/c1-5-30(6-2)21-11-7-19(8-12-21)26-25(27(32)20-9-15-23(35-3)16-10-20)28(33)29(34)31(26)22-13-17-24(36-4)18-14-22/h7-18,26,32H,5-6H2,1-4H3/b27-25-. The van der Waals surface area contributed by atoms with Crippen LogP contribution in [0.2, 0.25) is 0 Å². The Labute approximate surface area is 211 Å². The maximum Gasteiger partial charge on any atom is 0.300 e. The molecule has 0 radical (unpaired) electrons. The highest BCUT2D eigenvalue weighted by Gasteiger charge is 2.47. The third-order valence-corrected chi connectivity index (χ3v) is 6.50. The Morgan fingerprint density at radius 1 is 0.833 bits per heavy atom. The van der Waals surface area contributed by atoms with E-state index in [2.05, 4.69) is 18.7 Å². The van der Waals surface area contributed by atoms with E-state index in [1.54, 1.807) is 62.8 Å². The van der Waals surface area contributed by atoms with Crippen LogP contribution >= 0.6 is 0 Å². The fourth-order valence-electron chi connectivity index (χ4n) is 4.52. The molecule has 1 fully saturated rings. The summed E-state index contributed by atoms with van der Waals surface area (Å²) in [6, 6.07) is 20.6. The second-order valence-electron chi connectivity index (χ2n) is 8.36. The summed E-state index contributed by atoms with van der Waals surface area (Å²) in [7, 11) is 3.12. The molecule has 1 amide bonds. The van der Waals surface area contributed by atoms with Crippen molar-refractivity contribution in [3.63, 3.8) is 0 Å². The maximum atomic E-state index is 13.3. The first kappa shape index (κ1) is 24.9. The molecule has 7 nitrogen and oxygen atoms in total. The molecule has 1 unspecified atom stereocenters. The molecule has 7 heteroatoms. The summed E-state index contributed by atoms with van der Waals surface area (Å²) in [5.41, 5.74) is 2.76. The second kappa shape index (κ2) is 10.6. The number of nitrogens with zero attached hydrogens (tertiary/aromatic N) is 2. The lowest BCUT2D eigenvalue weighted by molar-refractivity contribution is -0.132. The van der Waals surface area contributed by atoms with Gasteiger partial charge in [0.25, 0.3) is 11.7 Å². The van der Waals surface area contributed by atoms with Crippen LogP contribution in [0.5, 0.6) is 11.5 Å². The predicted molar refractivity (Wildman–Crippen MR) is 141 cm³/mol. The van der Waals surface area contributed by atoms with Gasteiger partial charge in [-0.25, -0.2) is 0 Å². The maximum absolute atomic E-state index is 13.3. The highest BCUT2D eigenvalue weighted by Crippen LogP contribution is 2.43. The van der Waals surface area contributed by atoms with Crippen molar-refractivity contribution in [3.8, 4) is 11.5 Å². The van der Waals surface area contributed by atoms with Crippen molar-refractivity contribution in [2.24, 2.45) is 0 Å². The van der Waals surface area contributed by atoms with Gasteiger partial charge in [0, 0.05) is 30.0 Å². The number of aliphatic hydroxyl groups excluding tert-OH is 1. The van der Waals surface area contributed by atoms with E-state index in [0.717, 1.165) is 24.3 Å². The SMILES string of the molecule is CCN(CC)c1ccc(C2/C(=C(/O)c3ccc(OC)cc3)C(=O)C(=O)N2c2ccc(OC)cc2)cc1. The van der Waals surface area contributed by atoms with Gasteiger partial charge in [-0.05, 0) is 80.1 Å². The van der Waals surface area contributed by atoms with Crippen LogP contribution in [0.4, 0.5) is 11.4 Å². The second-order valence-corrected chi connectivity index (χ2v) is 8.36. The summed E-state index contributed by atoms with van der Waals surface area (Å²) in [5, 5.41) is 11.3. The first-order valence-corrected chi connectivity index (χ1v) is 11.9. The molecule has 1 heterocycles. The van der Waals surface area contributed by atoms with Crippen molar-refractivity contribution in [1.29, 1.82) is 0 Å². The first-order chi connectivity index (χ1) is 17.4. The summed E-state index contributed by atoms with van der Waals surface area (Å²) >= 11 is 0. The number of benzene rings is 3. The van der Waals surface area contributed by atoms with Crippen LogP contribution in [0.15, 0.2) is 78.4 Å². The third-order valence-electron chi connectivity index (χ3n) is 6.50. The lowest BCUT2D eigenvalue weighted by atomic mass is 9.94. The fraction of sp³-hybridized carbons (Fsp3) is 0.241. The van der Waals surface area contributed by atoms with Crippen molar-refractivity contribution < 1.29 is 24.2 Å². The van der Waals surface area contributed by atoms with E-state index in [1.807, 2.05) is 24.3 Å². The molecule has 3 aromatic carbocycles. The van der Waals surface area contributed by atoms with Gasteiger partial charge in [0.05, 0.1) is 25.8 Å². The van der Waals surface area contributed by atoms with Gasteiger partial charge in [0.15, 0.2) is 0 Å². The number of hydrogen-bond donors (Lipinski definition) is 1. The lowest BCUT2D eigenvalue weighted by Gasteiger charge is -2.27. The molecule has 0 aromatic heterocycles. The van der Waals surface area contributed by atoms with Crippen LogP contribution in [0.1, 0.15) is 31.0 Å². The molecule has 0 spiro atoms. The molecule has 1 aliphatic heterocycles. The van der Waals surface area contributed by atoms with Crippen molar-refractivity contribution >= 4 is 28.8 Å². The number of anilines is 2. The van der Waals surface area contributed by atoms with E-state index in [9.17, 15) is 14.7 Å². The minimum Gasteiger partial charge on any atom is -0.507 e. The number of hydrogen-bond acceptors (Lipinski definition) is 6. The number of Topliss-reactive ketones (excluding diaryl/α,β-unsaturated/α-hetero) is 1.